The highest BCUT2D eigenvalue weighted by molar-refractivity contribution is 8.00. The van der Waals surface area contributed by atoms with Crippen LogP contribution in [0.5, 0.6) is 0 Å². The van der Waals surface area contributed by atoms with Crippen LogP contribution in [0.2, 0.25) is 0 Å². The molecule has 0 saturated heterocycles. The number of thioether (sulfide) groups is 1. The maximum Gasteiger partial charge on any atom is 0.0645 e. The SMILES string of the molecule is CCc1ccc2c(c1)C13c4c5c6c7c8c9c%10c%11c%12c%13c%14c%15c(c%16c%13c%10c7c4-%16)C1(S2)C1C%15C2c4c7c%10c%13c%15c%16c%17c%18c%19c%20c%21c%22c%23c(c4c4c%22c%19c%16c%104)C2C%14C%12C%23C%21C%11C9C%20C%18C8C6C%17C%15C5C3C%13C71. The number of rotatable bonds is 1. The van der Waals surface area contributed by atoms with E-state index in [0.29, 0.717) is 118 Å². The van der Waals surface area contributed by atoms with Crippen molar-refractivity contribution in [2.75, 3.05) is 0 Å². The van der Waals surface area contributed by atoms with Crippen LogP contribution >= 0.6 is 11.8 Å². The van der Waals surface area contributed by atoms with Crippen molar-refractivity contribution in [1.29, 1.82) is 0 Å². The summed E-state index contributed by atoms with van der Waals surface area (Å²) in [5.41, 5.74) is 48.2. The van der Waals surface area contributed by atoms with Gasteiger partial charge in [0.15, 0.2) is 0 Å². The van der Waals surface area contributed by atoms with Crippen LogP contribution in [0, 0.1) is 11.8 Å². The summed E-state index contributed by atoms with van der Waals surface area (Å²) in [5.74, 6) is 13.5. The zero-order valence-electron chi connectivity index (χ0n) is 36.9. The van der Waals surface area contributed by atoms with E-state index in [2.05, 4.69) is 48.0 Å². The first-order valence-electron chi connectivity index (χ1n) is 28.4. The smallest absolute Gasteiger partial charge is 0.0645 e. The minimum Gasteiger partial charge on any atom is -0.112 e. The molecule has 0 bridgehead atoms. The molecule has 0 N–H and O–H groups in total. The number of hydrogen-bond donors (Lipinski definition) is 0. The summed E-state index contributed by atoms with van der Waals surface area (Å²) in [6.45, 7) is 2.48. The molecular formula is C68H28S. The lowest BCUT2D eigenvalue weighted by Gasteiger charge is -2.65. The Bertz CT molecular complexity index is 5440. The summed E-state index contributed by atoms with van der Waals surface area (Å²) in [6, 6.07) is 8.31. The van der Waals surface area contributed by atoms with Gasteiger partial charge in [0.2, 0.25) is 0 Å². The molecule has 1 fully saturated rings. The quantitative estimate of drug-likeness (QED) is 0.148. The zero-order valence-corrected chi connectivity index (χ0v) is 37.7. The van der Waals surface area contributed by atoms with E-state index in [9.17, 15) is 0 Å². The Morgan fingerprint density at radius 3 is 1.10 bits per heavy atom. The predicted octanol–water partition coefficient (Wildman–Crippen LogP) is 15.1. The Hall–Kier alpha value is -5.37. The van der Waals surface area contributed by atoms with Crippen molar-refractivity contribution in [2.24, 2.45) is 11.8 Å². The highest BCUT2D eigenvalue weighted by Crippen LogP contribution is 3.01. The molecule has 69 heavy (non-hydrogen) atoms. The maximum atomic E-state index is 2.94. The lowest BCUT2D eigenvalue weighted by molar-refractivity contribution is 0.0341. The van der Waals surface area contributed by atoms with Crippen molar-refractivity contribution in [3.05, 3.63) is 141 Å². The molecule has 1 heterocycles. The minimum atomic E-state index is 0.0473. The zero-order chi connectivity index (χ0) is 40.8. The van der Waals surface area contributed by atoms with Gasteiger partial charge in [-0.1, -0.05) is 19.1 Å². The molecule has 0 nitrogen and oxygen atoms in total. The van der Waals surface area contributed by atoms with Crippen LogP contribution in [0.1, 0.15) is 236 Å². The summed E-state index contributed by atoms with van der Waals surface area (Å²) in [6.07, 6.45) is 1.15. The first kappa shape index (κ1) is 27.3. The molecule has 0 aromatic heterocycles. The lowest BCUT2D eigenvalue weighted by atomic mass is 9.39. The van der Waals surface area contributed by atoms with Crippen LogP contribution in [-0.4, -0.2) is 0 Å². The number of benzene rings is 10. The van der Waals surface area contributed by atoms with Crippen molar-refractivity contribution in [3.8, 4) is 11.1 Å². The molecule has 1 aliphatic heterocycles. The summed E-state index contributed by atoms with van der Waals surface area (Å²) >= 11 is 2.58. The summed E-state index contributed by atoms with van der Waals surface area (Å²) in [7, 11) is 0. The second-order valence-corrected chi connectivity index (χ2v) is 30.6. The summed E-state index contributed by atoms with van der Waals surface area (Å²) in [5, 5.41) is 30.8. The summed E-state index contributed by atoms with van der Waals surface area (Å²) < 4.78 is 0.0786. The summed E-state index contributed by atoms with van der Waals surface area (Å²) in [4.78, 5) is 1.73. The van der Waals surface area contributed by atoms with Crippen LogP contribution in [0.4, 0.5) is 0 Å². The first-order valence-corrected chi connectivity index (χ1v) is 29.2. The fraction of sp³-hybridized carbons (Fsp3) is 0.353. The van der Waals surface area contributed by atoms with E-state index in [1.54, 1.807) is 10.5 Å². The Labute approximate surface area is 394 Å². The van der Waals surface area contributed by atoms with Gasteiger partial charge in [-0.3, -0.25) is 0 Å². The van der Waals surface area contributed by atoms with Gasteiger partial charge in [0, 0.05) is 10.3 Å². The highest BCUT2D eigenvalue weighted by Gasteiger charge is 2.89. The molecule has 22 unspecified atom stereocenters. The molecular weight excluding hydrogens is 849 g/mol. The van der Waals surface area contributed by atoms with Crippen molar-refractivity contribution >= 4 is 97.9 Å². The Morgan fingerprint density at radius 1 is 0.333 bits per heavy atom. The molecule has 306 valence electrons. The largest absolute Gasteiger partial charge is 0.112 e. The molecule has 0 radical (unpaired) electrons. The lowest BCUT2D eigenvalue weighted by Crippen LogP contribution is -2.62. The van der Waals surface area contributed by atoms with E-state index in [1.165, 1.54) is 0 Å². The fourth-order valence-corrected chi connectivity index (χ4v) is 34.1. The van der Waals surface area contributed by atoms with Gasteiger partial charge in [0.25, 0.3) is 0 Å². The first-order chi connectivity index (χ1) is 34.4. The van der Waals surface area contributed by atoms with E-state index < -0.39 is 0 Å². The topological polar surface area (TPSA) is 0 Å². The van der Waals surface area contributed by atoms with Gasteiger partial charge in [-0.15, -0.1) is 11.8 Å². The molecule has 34 rings (SSSR count). The Morgan fingerprint density at radius 2 is 0.652 bits per heavy atom. The van der Waals surface area contributed by atoms with Crippen molar-refractivity contribution in [2.45, 2.75) is 135 Å². The molecule has 11 aromatic rings. The molecule has 23 aliphatic rings. The van der Waals surface area contributed by atoms with Crippen LogP contribution in [0.15, 0.2) is 23.1 Å². The molecule has 0 amide bonds. The Balaban J connectivity index is 1.04. The molecule has 1 heteroatoms. The molecule has 11 aromatic carbocycles. The second kappa shape index (κ2) is 6.28. The third kappa shape index (κ3) is 1.49. The monoisotopic (exact) mass is 876 g/mol. The van der Waals surface area contributed by atoms with Crippen LogP contribution in [-0.2, 0) is 16.6 Å². The van der Waals surface area contributed by atoms with Crippen molar-refractivity contribution in [1.82, 2.24) is 0 Å². The fourth-order valence-electron chi connectivity index (χ4n) is 32.1. The van der Waals surface area contributed by atoms with Crippen LogP contribution < -0.4 is 0 Å². The van der Waals surface area contributed by atoms with Crippen LogP contribution in [0.3, 0.4) is 0 Å². The van der Waals surface area contributed by atoms with E-state index in [-0.39, 0.29) is 10.2 Å². The molecule has 1 saturated carbocycles. The van der Waals surface area contributed by atoms with Gasteiger partial charge in [-0.2, -0.15) is 0 Å². The predicted molar refractivity (Wildman–Crippen MR) is 266 cm³/mol. The number of hydrogen-bond acceptors (Lipinski definition) is 1. The average Bonchev–Trinajstić information content (AvgIpc) is 4.22. The molecule has 2 spiro atoms. The number of aryl methyl sites for hydroxylation is 1. The van der Waals surface area contributed by atoms with Gasteiger partial charge in [0.1, 0.15) is 0 Å². The van der Waals surface area contributed by atoms with Gasteiger partial charge in [-0.05, 0) is 351 Å². The number of fused-ring (bicyclic) bond motifs is 1. The van der Waals surface area contributed by atoms with Gasteiger partial charge < -0.3 is 0 Å². The Kier molecular flexibility index (Phi) is 2.48. The van der Waals surface area contributed by atoms with Crippen molar-refractivity contribution in [3.63, 3.8) is 0 Å². The standard InChI is InChI=1S/C68H28S/c1-2-6-3-4-8-7(5-6)67-63-55-47-37-27-19-11-9-10-13-17-15(11)23-31-25(17)35-29-21(13)22-14(10)18-16-12(9)20(19)28-34-24(16)32-26(18)36-30(22)40-39(29)51-45(35)53-43(31)49(41(47)33(23)27)57(63)59(53)65-61(51)62-52(40)46(36)54-44(32)50-42(34)48(38(28)37)56(55)64(67)58(50)60(54)66(62)68(65,67)69-8/h3-5,11,13,15,17,19,21,27,29,37-40,48,52,56,58,60,62,64,66H,2H2,1H3. The highest BCUT2D eigenvalue weighted by atomic mass is 32.2. The molecule has 22 aliphatic carbocycles. The third-order valence-corrected chi connectivity index (χ3v) is 32.4. The second-order valence-electron chi connectivity index (χ2n) is 29.3. The van der Waals surface area contributed by atoms with E-state index in [1.807, 2.05) is 203 Å². The normalized spacial score (nSPS) is 48.5. The van der Waals surface area contributed by atoms with E-state index >= 15 is 0 Å². The minimum absolute atomic E-state index is 0.0473. The van der Waals surface area contributed by atoms with Gasteiger partial charge in [0.05, 0.1) is 4.75 Å². The average molecular weight is 877 g/mol. The van der Waals surface area contributed by atoms with E-state index in [4.69, 9.17) is 0 Å². The van der Waals surface area contributed by atoms with E-state index in [0.717, 1.165) is 6.42 Å². The maximum absolute atomic E-state index is 2.94. The third-order valence-electron chi connectivity index (χ3n) is 30.7. The van der Waals surface area contributed by atoms with Crippen molar-refractivity contribution < 1.29 is 0 Å². The van der Waals surface area contributed by atoms with Gasteiger partial charge in [-0.25, -0.2) is 0 Å². The van der Waals surface area contributed by atoms with Gasteiger partial charge >= 0.3 is 0 Å². The van der Waals surface area contributed by atoms with Crippen LogP contribution in [0.25, 0.3) is 97.3 Å². The molecule has 22 atom stereocenters.